The monoisotopic (exact) mass is 421 g/mol. The Kier molecular flexibility index (Phi) is 6.10. The lowest BCUT2D eigenvalue weighted by molar-refractivity contribution is 0.102. The van der Waals surface area contributed by atoms with E-state index in [1.807, 2.05) is 12.1 Å². The van der Waals surface area contributed by atoms with Gasteiger partial charge in [0.1, 0.15) is 5.15 Å². The third-order valence-corrected chi connectivity index (χ3v) is 5.32. The highest BCUT2D eigenvalue weighted by atomic mass is 79.9. The third-order valence-electron chi connectivity index (χ3n) is 4.59. The summed E-state index contributed by atoms with van der Waals surface area (Å²) in [6.07, 6.45) is 5.45. The Morgan fingerprint density at radius 1 is 1.36 bits per heavy atom. The third kappa shape index (κ3) is 4.81. The van der Waals surface area contributed by atoms with Gasteiger partial charge in [0.2, 0.25) is 0 Å². The number of hydrogen-bond acceptors (Lipinski definition) is 3. The molecule has 1 amide bonds. The van der Waals surface area contributed by atoms with Crippen LogP contribution >= 0.6 is 27.5 Å². The number of hydrogen-bond donors (Lipinski definition) is 1. The second-order valence-corrected chi connectivity index (χ2v) is 7.73. The van der Waals surface area contributed by atoms with Crippen LogP contribution in [0, 0.1) is 0 Å². The summed E-state index contributed by atoms with van der Waals surface area (Å²) in [7, 11) is 0. The van der Waals surface area contributed by atoms with Crippen LogP contribution in [0.4, 0.5) is 5.69 Å². The van der Waals surface area contributed by atoms with Gasteiger partial charge in [-0.3, -0.25) is 9.69 Å². The highest BCUT2D eigenvalue weighted by Gasteiger charge is 2.18. The van der Waals surface area contributed by atoms with Gasteiger partial charge in [-0.15, -0.1) is 0 Å². The molecule has 0 aliphatic carbocycles. The SMILES string of the molecule is CC1CCCCN1Cc1ccc(NC(=O)c2cc(Br)cnc2Cl)cc1. The average molecular weight is 423 g/mol. The molecule has 1 N–H and O–H groups in total. The first-order chi connectivity index (χ1) is 12.0. The van der Waals surface area contributed by atoms with Gasteiger partial charge in [-0.2, -0.15) is 0 Å². The summed E-state index contributed by atoms with van der Waals surface area (Å²) in [5.41, 5.74) is 2.35. The predicted octanol–water partition coefficient (Wildman–Crippen LogP) is 5.12. The van der Waals surface area contributed by atoms with Crippen molar-refractivity contribution in [3.8, 4) is 0 Å². The van der Waals surface area contributed by atoms with Crippen LogP contribution in [-0.2, 0) is 6.54 Å². The van der Waals surface area contributed by atoms with Gasteiger partial charge in [0.25, 0.3) is 5.91 Å². The molecule has 4 nitrogen and oxygen atoms in total. The number of halogens is 2. The van der Waals surface area contributed by atoms with Gasteiger partial charge in [-0.1, -0.05) is 30.2 Å². The Labute approximate surface area is 161 Å². The van der Waals surface area contributed by atoms with Crippen molar-refractivity contribution < 1.29 is 4.79 Å². The van der Waals surface area contributed by atoms with Crippen molar-refractivity contribution in [3.05, 3.63) is 57.3 Å². The molecule has 0 radical (unpaired) electrons. The van der Waals surface area contributed by atoms with Crippen LogP contribution in [-0.4, -0.2) is 28.4 Å². The second-order valence-electron chi connectivity index (χ2n) is 6.46. The maximum Gasteiger partial charge on any atom is 0.258 e. The molecule has 1 saturated heterocycles. The van der Waals surface area contributed by atoms with E-state index in [0.29, 0.717) is 16.1 Å². The number of carbonyl (C=O) groups excluding carboxylic acids is 1. The van der Waals surface area contributed by atoms with E-state index in [0.717, 1.165) is 18.8 Å². The Morgan fingerprint density at radius 2 is 2.12 bits per heavy atom. The molecule has 1 unspecified atom stereocenters. The van der Waals surface area contributed by atoms with Crippen molar-refractivity contribution >= 4 is 39.1 Å². The Bertz CT molecular complexity index is 751. The lowest BCUT2D eigenvalue weighted by atomic mass is 10.0. The molecule has 0 bridgehead atoms. The smallest absolute Gasteiger partial charge is 0.258 e. The molecule has 1 fully saturated rings. The minimum Gasteiger partial charge on any atom is -0.322 e. The van der Waals surface area contributed by atoms with Crippen molar-refractivity contribution in [2.45, 2.75) is 38.8 Å². The molecule has 1 aromatic heterocycles. The fraction of sp³-hybridized carbons (Fsp3) is 0.368. The molecule has 1 aromatic carbocycles. The van der Waals surface area contributed by atoms with E-state index in [1.165, 1.54) is 24.8 Å². The molecular weight excluding hydrogens is 402 g/mol. The molecule has 1 aliphatic heterocycles. The first kappa shape index (κ1) is 18.4. The van der Waals surface area contributed by atoms with Crippen LogP contribution in [0.25, 0.3) is 0 Å². The van der Waals surface area contributed by atoms with E-state index < -0.39 is 0 Å². The molecule has 0 spiro atoms. The zero-order chi connectivity index (χ0) is 17.8. The molecule has 6 heteroatoms. The summed E-state index contributed by atoms with van der Waals surface area (Å²) in [5.74, 6) is -0.267. The van der Waals surface area contributed by atoms with E-state index in [4.69, 9.17) is 11.6 Å². The van der Waals surface area contributed by atoms with Crippen LogP contribution in [0.5, 0.6) is 0 Å². The average Bonchev–Trinajstić information content (AvgIpc) is 2.60. The summed E-state index contributed by atoms with van der Waals surface area (Å²) in [6, 6.07) is 10.3. The number of nitrogens with one attached hydrogen (secondary N) is 1. The number of aromatic nitrogens is 1. The molecule has 2 aromatic rings. The molecule has 132 valence electrons. The lowest BCUT2D eigenvalue weighted by Gasteiger charge is -2.33. The molecule has 25 heavy (non-hydrogen) atoms. The number of amides is 1. The van der Waals surface area contributed by atoms with Crippen molar-refractivity contribution in [2.24, 2.45) is 0 Å². The zero-order valence-electron chi connectivity index (χ0n) is 14.1. The van der Waals surface area contributed by atoms with Gasteiger partial charge in [-0.05, 0) is 66.0 Å². The van der Waals surface area contributed by atoms with Crippen LogP contribution < -0.4 is 5.32 Å². The molecule has 0 saturated carbocycles. The first-order valence-corrected chi connectivity index (χ1v) is 9.65. The standard InChI is InChI=1S/C19H21BrClN3O/c1-13-4-2-3-9-24(13)12-14-5-7-16(8-6-14)23-19(25)17-10-15(20)11-22-18(17)21/h5-8,10-11,13H,2-4,9,12H2,1H3,(H,23,25). The summed E-state index contributed by atoms with van der Waals surface area (Å²) >= 11 is 9.31. The van der Waals surface area contributed by atoms with E-state index in [1.54, 1.807) is 12.3 Å². The summed E-state index contributed by atoms with van der Waals surface area (Å²) in [4.78, 5) is 18.9. The van der Waals surface area contributed by atoms with Crippen LogP contribution in [0.2, 0.25) is 5.15 Å². The van der Waals surface area contributed by atoms with Gasteiger partial charge < -0.3 is 5.32 Å². The lowest BCUT2D eigenvalue weighted by Crippen LogP contribution is -2.36. The van der Waals surface area contributed by atoms with E-state index >= 15 is 0 Å². The minimum atomic E-state index is -0.267. The van der Waals surface area contributed by atoms with Crippen molar-refractivity contribution in [3.63, 3.8) is 0 Å². The zero-order valence-corrected chi connectivity index (χ0v) is 16.5. The van der Waals surface area contributed by atoms with Crippen molar-refractivity contribution in [2.75, 3.05) is 11.9 Å². The van der Waals surface area contributed by atoms with Gasteiger partial charge in [0, 0.05) is 28.9 Å². The van der Waals surface area contributed by atoms with E-state index in [-0.39, 0.29) is 11.1 Å². The minimum absolute atomic E-state index is 0.191. The number of likely N-dealkylation sites (tertiary alicyclic amines) is 1. The second kappa shape index (κ2) is 8.30. The van der Waals surface area contributed by atoms with Crippen LogP contribution in [0.1, 0.15) is 42.1 Å². The number of rotatable bonds is 4. The van der Waals surface area contributed by atoms with Crippen LogP contribution in [0.15, 0.2) is 41.0 Å². The number of benzene rings is 1. The van der Waals surface area contributed by atoms with Crippen LogP contribution in [0.3, 0.4) is 0 Å². The quantitative estimate of drug-likeness (QED) is 0.695. The fourth-order valence-electron chi connectivity index (χ4n) is 3.10. The van der Waals surface area contributed by atoms with Crippen molar-refractivity contribution in [1.82, 2.24) is 9.88 Å². The highest BCUT2D eigenvalue weighted by molar-refractivity contribution is 9.10. The summed E-state index contributed by atoms with van der Waals surface area (Å²) < 4.78 is 0.716. The predicted molar refractivity (Wildman–Crippen MR) is 105 cm³/mol. The van der Waals surface area contributed by atoms with Crippen molar-refractivity contribution in [1.29, 1.82) is 0 Å². The number of anilines is 1. The normalized spacial score (nSPS) is 18.1. The maximum atomic E-state index is 12.4. The Balaban J connectivity index is 1.64. The topological polar surface area (TPSA) is 45.2 Å². The van der Waals surface area contributed by atoms with Gasteiger partial charge in [0.05, 0.1) is 5.56 Å². The molecule has 1 aliphatic rings. The fourth-order valence-corrected chi connectivity index (χ4v) is 3.62. The molecule has 3 rings (SSSR count). The number of pyridine rings is 1. The van der Waals surface area contributed by atoms with Gasteiger partial charge in [0.15, 0.2) is 0 Å². The molecular formula is C19H21BrClN3O. The van der Waals surface area contributed by atoms with E-state index in [2.05, 4.69) is 50.2 Å². The van der Waals surface area contributed by atoms with Gasteiger partial charge >= 0.3 is 0 Å². The number of nitrogens with zero attached hydrogens (tertiary/aromatic N) is 2. The largest absolute Gasteiger partial charge is 0.322 e. The number of carbonyl (C=O) groups is 1. The maximum absolute atomic E-state index is 12.4. The number of piperidine rings is 1. The van der Waals surface area contributed by atoms with Gasteiger partial charge in [-0.25, -0.2) is 4.98 Å². The molecule has 2 heterocycles. The summed E-state index contributed by atoms with van der Waals surface area (Å²) in [6.45, 7) is 4.41. The molecule has 1 atom stereocenters. The Hall–Kier alpha value is -1.43. The highest BCUT2D eigenvalue weighted by Crippen LogP contribution is 2.22. The Morgan fingerprint density at radius 3 is 2.84 bits per heavy atom. The first-order valence-electron chi connectivity index (χ1n) is 8.48. The summed E-state index contributed by atoms with van der Waals surface area (Å²) in [5, 5.41) is 3.06. The van der Waals surface area contributed by atoms with E-state index in [9.17, 15) is 4.79 Å².